The number of hydrogen-bond acceptors (Lipinski definition) is 2. The van der Waals surface area contributed by atoms with Crippen molar-refractivity contribution in [1.29, 1.82) is 0 Å². The van der Waals surface area contributed by atoms with Crippen LogP contribution < -0.4 is 9.80 Å². The van der Waals surface area contributed by atoms with Crippen molar-refractivity contribution in [3.8, 4) is 0 Å². The highest BCUT2D eigenvalue weighted by molar-refractivity contribution is 5.50. The molecule has 0 unspecified atom stereocenters. The molecule has 0 atom stereocenters. The molecule has 3 fully saturated rings. The highest BCUT2D eigenvalue weighted by Crippen LogP contribution is 2.36. The summed E-state index contributed by atoms with van der Waals surface area (Å²) in [4.78, 5) is 5.28. The van der Waals surface area contributed by atoms with Gasteiger partial charge in [0.25, 0.3) is 0 Å². The standard InChI is InChI=1S/C29H40N2/c1-2-3-18-30(20-25-4-5-25)28-14-10-23(11-15-28)19-24-12-16-29(17-13-24)31(21-26-6-7-26)22-27-8-9-27/h10-17,25-27H,2-9,18-22H2,1H3. The Hall–Kier alpha value is -1.96. The fourth-order valence-corrected chi connectivity index (χ4v) is 4.68. The molecule has 0 N–H and O–H groups in total. The molecule has 0 radical (unpaired) electrons. The first kappa shape index (κ1) is 20.9. The van der Waals surface area contributed by atoms with Crippen molar-refractivity contribution in [2.75, 3.05) is 36.0 Å². The lowest BCUT2D eigenvalue weighted by atomic mass is 10.0. The minimum Gasteiger partial charge on any atom is -0.371 e. The molecule has 0 amide bonds. The molecule has 2 aromatic carbocycles. The zero-order valence-electron chi connectivity index (χ0n) is 19.4. The van der Waals surface area contributed by atoms with E-state index in [2.05, 4.69) is 65.3 Å². The van der Waals surface area contributed by atoms with Crippen LogP contribution in [0.5, 0.6) is 0 Å². The van der Waals surface area contributed by atoms with Crippen molar-refractivity contribution in [3.05, 3.63) is 59.7 Å². The zero-order valence-corrected chi connectivity index (χ0v) is 19.4. The average molecular weight is 417 g/mol. The molecule has 0 heterocycles. The summed E-state index contributed by atoms with van der Waals surface area (Å²) >= 11 is 0. The Labute approximate surface area is 189 Å². The number of anilines is 2. The van der Waals surface area contributed by atoms with E-state index in [1.807, 2.05) is 0 Å². The largest absolute Gasteiger partial charge is 0.371 e. The van der Waals surface area contributed by atoms with E-state index in [1.165, 1.54) is 100 Å². The topological polar surface area (TPSA) is 6.48 Å². The molecule has 3 saturated carbocycles. The van der Waals surface area contributed by atoms with E-state index in [4.69, 9.17) is 0 Å². The van der Waals surface area contributed by atoms with Gasteiger partial charge in [0.1, 0.15) is 0 Å². The zero-order chi connectivity index (χ0) is 21.0. The minimum atomic E-state index is 0.939. The maximum Gasteiger partial charge on any atom is 0.0366 e. The van der Waals surface area contributed by atoms with E-state index in [1.54, 1.807) is 0 Å². The number of hydrogen-bond donors (Lipinski definition) is 0. The van der Waals surface area contributed by atoms with E-state index in [9.17, 15) is 0 Å². The summed E-state index contributed by atoms with van der Waals surface area (Å²) in [5, 5.41) is 0. The van der Waals surface area contributed by atoms with Crippen molar-refractivity contribution in [2.24, 2.45) is 17.8 Å². The van der Waals surface area contributed by atoms with Gasteiger partial charge in [-0.2, -0.15) is 0 Å². The molecule has 0 aliphatic heterocycles. The molecule has 0 saturated heterocycles. The molecule has 2 nitrogen and oxygen atoms in total. The molecule has 0 bridgehead atoms. The first-order chi connectivity index (χ1) is 15.3. The summed E-state index contributed by atoms with van der Waals surface area (Å²) < 4.78 is 0. The molecule has 3 aliphatic rings. The van der Waals surface area contributed by atoms with Crippen LogP contribution in [-0.4, -0.2) is 26.2 Å². The molecule has 2 heteroatoms. The molecular formula is C29H40N2. The smallest absolute Gasteiger partial charge is 0.0366 e. The van der Waals surface area contributed by atoms with E-state index in [-0.39, 0.29) is 0 Å². The van der Waals surface area contributed by atoms with Crippen LogP contribution in [0.15, 0.2) is 48.5 Å². The van der Waals surface area contributed by atoms with Crippen LogP contribution in [-0.2, 0) is 6.42 Å². The van der Waals surface area contributed by atoms with Gasteiger partial charge in [-0.05, 0) is 105 Å². The molecule has 0 spiro atoms. The monoisotopic (exact) mass is 416 g/mol. The number of benzene rings is 2. The van der Waals surface area contributed by atoms with Crippen LogP contribution in [0.25, 0.3) is 0 Å². The summed E-state index contributed by atoms with van der Waals surface area (Å²) in [5.41, 5.74) is 5.70. The van der Waals surface area contributed by atoms with Crippen LogP contribution >= 0.6 is 0 Å². The lowest BCUT2D eigenvalue weighted by Gasteiger charge is -2.25. The lowest BCUT2D eigenvalue weighted by Crippen LogP contribution is -2.27. The van der Waals surface area contributed by atoms with Gasteiger partial charge in [0.15, 0.2) is 0 Å². The Balaban J connectivity index is 1.20. The Morgan fingerprint density at radius 1 is 0.613 bits per heavy atom. The second-order valence-corrected chi connectivity index (χ2v) is 10.5. The molecule has 5 rings (SSSR count). The Morgan fingerprint density at radius 3 is 1.45 bits per heavy atom. The highest BCUT2D eigenvalue weighted by atomic mass is 15.1. The Morgan fingerprint density at radius 2 is 1.03 bits per heavy atom. The van der Waals surface area contributed by atoms with E-state index >= 15 is 0 Å². The van der Waals surface area contributed by atoms with Crippen molar-refractivity contribution in [1.82, 2.24) is 0 Å². The maximum atomic E-state index is 2.67. The van der Waals surface area contributed by atoms with Gasteiger partial charge >= 0.3 is 0 Å². The fourth-order valence-electron chi connectivity index (χ4n) is 4.68. The first-order valence-electron chi connectivity index (χ1n) is 12.9. The van der Waals surface area contributed by atoms with Crippen molar-refractivity contribution in [2.45, 2.75) is 64.7 Å². The van der Waals surface area contributed by atoms with Gasteiger partial charge in [0.05, 0.1) is 0 Å². The van der Waals surface area contributed by atoms with Crippen molar-refractivity contribution >= 4 is 11.4 Å². The van der Waals surface area contributed by atoms with Gasteiger partial charge in [0.2, 0.25) is 0 Å². The van der Waals surface area contributed by atoms with Crippen LogP contribution in [0.4, 0.5) is 11.4 Å². The molecule has 3 aliphatic carbocycles. The molecule has 2 aromatic rings. The first-order valence-corrected chi connectivity index (χ1v) is 12.9. The van der Waals surface area contributed by atoms with E-state index < -0.39 is 0 Å². The van der Waals surface area contributed by atoms with Gasteiger partial charge in [-0.1, -0.05) is 37.6 Å². The minimum absolute atomic E-state index is 0.939. The number of unbranched alkanes of at least 4 members (excludes halogenated alkanes) is 1. The average Bonchev–Trinajstić information content (AvgIpc) is 3.62. The van der Waals surface area contributed by atoms with Crippen molar-refractivity contribution in [3.63, 3.8) is 0 Å². The van der Waals surface area contributed by atoms with Gasteiger partial charge in [-0.15, -0.1) is 0 Å². The second kappa shape index (κ2) is 9.67. The van der Waals surface area contributed by atoms with E-state index in [0.29, 0.717) is 0 Å². The summed E-state index contributed by atoms with van der Waals surface area (Å²) in [7, 11) is 0. The van der Waals surface area contributed by atoms with Gasteiger partial charge in [-0.25, -0.2) is 0 Å². The molecule has 31 heavy (non-hydrogen) atoms. The van der Waals surface area contributed by atoms with Crippen molar-refractivity contribution < 1.29 is 0 Å². The molecule has 166 valence electrons. The number of rotatable bonds is 13. The Kier molecular flexibility index (Phi) is 6.53. The summed E-state index contributed by atoms with van der Waals surface area (Å²) in [6, 6.07) is 18.9. The van der Waals surface area contributed by atoms with Crippen LogP contribution in [0.1, 0.15) is 69.4 Å². The number of nitrogens with zero attached hydrogens (tertiary/aromatic N) is 2. The third kappa shape index (κ3) is 6.28. The van der Waals surface area contributed by atoms with E-state index in [0.717, 1.165) is 24.2 Å². The van der Waals surface area contributed by atoms with Crippen LogP contribution in [0.3, 0.4) is 0 Å². The molecular weight excluding hydrogens is 376 g/mol. The summed E-state index contributed by atoms with van der Waals surface area (Å²) in [6.45, 7) is 7.28. The third-order valence-electron chi connectivity index (χ3n) is 7.32. The predicted molar refractivity (Wildman–Crippen MR) is 133 cm³/mol. The summed E-state index contributed by atoms with van der Waals surface area (Å²) in [6.07, 6.45) is 12.2. The van der Waals surface area contributed by atoms with Crippen LogP contribution in [0.2, 0.25) is 0 Å². The second-order valence-electron chi connectivity index (χ2n) is 10.5. The normalized spacial score (nSPS) is 18.2. The quantitative estimate of drug-likeness (QED) is 0.350. The molecule has 0 aromatic heterocycles. The predicted octanol–water partition coefficient (Wildman–Crippen LogP) is 6.92. The highest BCUT2D eigenvalue weighted by Gasteiger charge is 2.29. The van der Waals surface area contributed by atoms with Gasteiger partial charge < -0.3 is 9.80 Å². The maximum absolute atomic E-state index is 2.67. The van der Waals surface area contributed by atoms with Gasteiger partial charge in [0, 0.05) is 37.6 Å². The SMILES string of the molecule is CCCCN(CC1CC1)c1ccc(Cc2ccc(N(CC3CC3)CC3CC3)cc2)cc1. The van der Waals surface area contributed by atoms with Crippen LogP contribution in [0, 0.1) is 17.8 Å². The summed E-state index contributed by atoms with van der Waals surface area (Å²) in [5.74, 6) is 2.84. The Bertz CT molecular complexity index is 799. The third-order valence-corrected chi connectivity index (χ3v) is 7.32. The fraction of sp³-hybridized carbons (Fsp3) is 0.586. The lowest BCUT2D eigenvalue weighted by molar-refractivity contribution is 0.678. The van der Waals surface area contributed by atoms with Gasteiger partial charge in [-0.3, -0.25) is 0 Å².